The molecule has 1 unspecified atom stereocenters. The lowest BCUT2D eigenvalue weighted by Crippen LogP contribution is -2.43. The van der Waals surface area contributed by atoms with E-state index in [1.54, 1.807) is 24.3 Å². The van der Waals surface area contributed by atoms with Gasteiger partial charge < -0.3 is 24.8 Å². The Bertz CT molecular complexity index is 512. The molecule has 0 bridgehead atoms. The molecule has 1 saturated heterocycles. The first-order valence-corrected chi connectivity index (χ1v) is 7.58. The van der Waals surface area contributed by atoms with Crippen molar-refractivity contribution in [2.75, 3.05) is 38.8 Å². The highest BCUT2D eigenvalue weighted by molar-refractivity contribution is 5.91. The van der Waals surface area contributed by atoms with E-state index in [1.165, 1.54) is 7.11 Å². The molecule has 126 valence electrons. The van der Waals surface area contributed by atoms with E-state index in [2.05, 4.69) is 15.4 Å². The van der Waals surface area contributed by atoms with Crippen LogP contribution in [0.5, 0.6) is 5.75 Å². The molecule has 0 saturated carbocycles. The highest BCUT2D eigenvalue weighted by Gasteiger charge is 2.16. The lowest BCUT2D eigenvalue weighted by Gasteiger charge is -2.23. The maximum Gasteiger partial charge on any atom is 0.308 e. The monoisotopic (exact) mass is 322 g/mol. The van der Waals surface area contributed by atoms with Gasteiger partial charge in [-0.1, -0.05) is 0 Å². The molecule has 0 aliphatic carbocycles. The van der Waals surface area contributed by atoms with Crippen LogP contribution in [0.3, 0.4) is 0 Å². The third-order valence-electron chi connectivity index (χ3n) is 3.37. The van der Waals surface area contributed by atoms with Crippen LogP contribution in [0.1, 0.15) is 12.8 Å². The molecule has 0 radical (unpaired) electrons. The van der Waals surface area contributed by atoms with Crippen molar-refractivity contribution < 1.29 is 23.8 Å². The molecule has 1 atom stereocenters. The molecule has 1 amide bonds. The summed E-state index contributed by atoms with van der Waals surface area (Å²) >= 11 is 0. The summed E-state index contributed by atoms with van der Waals surface area (Å²) in [5.41, 5.74) is 0.701. The molecule has 2 rings (SSSR count). The number of morpholine rings is 1. The minimum absolute atomic E-state index is 0.0599. The van der Waals surface area contributed by atoms with Crippen molar-refractivity contribution in [1.29, 1.82) is 0 Å². The van der Waals surface area contributed by atoms with E-state index >= 15 is 0 Å². The molecular weight excluding hydrogens is 300 g/mol. The number of ether oxygens (including phenoxy) is 3. The predicted octanol–water partition coefficient (Wildman–Crippen LogP) is 0.945. The highest BCUT2D eigenvalue weighted by atomic mass is 16.5. The van der Waals surface area contributed by atoms with Crippen LogP contribution in [0.25, 0.3) is 0 Å². The maximum absolute atomic E-state index is 12.0. The van der Waals surface area contributed by atoms with Gasteiger partial charge in [0.05, 0.1) is 33.4 Å². The summed E-state index contributed by atoms with van der Waals surface area (Å²) in [5.74, 6) is 0.260. The average Bonchev–Trinajstić information content (AvgIpc) is 2.57. The van der Waals surface area contributed by atoms with Crippen molar-refractivity contribution in [3.05, 3.63) is 24.3 Å². The Balaban J connectivity index is 1.73. The molecule has 1 aliphatic rings. The number of anilines is 1. The van der Waals surface area contributed by atoms with E-state index in [0.717, 1.165) is 6.54 Å². The second-order valence-corrected chi connectivity index (χ2v) is 5.18. The fraction of sp³-hybridized carbons (Fsp3) is 0.500. The average molecular weight is 322 g/mol. The van der Waals surface area contributed by atoms with Crippen LogP contribution < -0.4 is 15.4 Å². The first kappa shape index (κ1) is 17.2. The van der Waals surface area contributed by atoms with Crippen LogP contribution in [0, 0.1) is 0 Å². The summed E-state index contributed by atoms with van der Waals surface area (Å²) < 4.78 is 15.3. The van der Waals surface area contributed by atoms with Crippen LogP contribution in [0.2, 0.25) is 0 Å². The first-order chi connectivity index (χ1) is 11.2. The van der Waals surface area contributed by atoms with E-state index in [9.17, 15) is 9.59 Å². The minimum Gasteiger partial charge on any atom is -0.493 e. The van der Waals surface area contributed by atoms with Crippen LogP contribution in [-0.4, -0.2) is 51.4 Å². The molecule has 0 spiro atoms. The van der Waals surface area contributed by atoms with Gasteiger partial charge in [0.15, 0.2) is 0 Å². The lowest BCUT2D eigenvalue weighted by atomic mass is 10.2. The zero-order valence-electron chi connectivity index (χ0n) is 13.2. The largest absolute Gasteiger partial charge is 0.493 e. The van der Waals surface area contributed by atoms with Gasteiger partial charge in [-0.05, 0) is 24.3 Å². The Morgan fingerprint density at radius 1 is 1.35 bits per heavy atom. The Morgan fingerprint density at radius 2 is 2.13 bits per heavy atom. The van der Waals surface area contributed by atoms with Crippen molar-refractivity contribution >= 4 is 17.6 Å². The van der Waals surface area contributed by atoms with Crippen molar-refractivity contribution in [2.24, 2.45) is 0 Å². The third kappa shape index (κ3) is 6.25. The number of rotatable bonds is 7. The van der Waals surface area contributed by atoms with E-state index in [-0.39, 0.29) is 30.9 Å². The number of hydrogen-bond acceptors (Lipinski definition) is 6. The van der Waals surface area contributed by atoms with Crippen molar-refractivity contribution in [1.82, 2.24) is 5.32 Å². The molecular formula is C16H22N2O5. The normalized spacial score (nSPS) is 17.3. The zero-order valence-corrected chi connectivity index (χ0v) is 13.2. The van der Waals surface area contributed by atoms with Gasteiger partial charge in [-0.2, -0.15) is 0 Å². The molecule has 1 fully saturated rings. The van der Waals surface area contributed by atoms with Crippen molar-refractivity contribution in [3.8, 4) is 5.75 Å². The molecule has 1 aromatic carbocycles. The second kappa shape index (κ2) is 9.12. The van der Waals surface area contributed by atoms with Crippen LogP contribution in [-0.2, 0) is 19.1 Å². The number of carbonyl (C=O) groups is 2. The quantitative estimate of drug-likeness (QED) is 0.727. The number of amides is 1. The number of esters is 1. The van der Waals surface area contributed by atoms with Gasteiger partial charge in [0.25, 0.3) is 0 Å². The van der Waals surface area contributed by atoms with Gasteiger partial charge in [0, 0.05) is 24.7 Å². The van der Waals surface area contributed by atoms with E-state index < -0.39 is 0 Å². The van der Waals surface area contributed by atoms with Gasteiger partial charge in [-0.25, -0.2) is 0 Å². The number of benzene rings is 1. The van der Waals surface area contributed by atoms with E-state index in [0.29, 0.717) is 31.1 Å². The molecule has 1 aliphatic heterocycles. The van der Waals surface area contributed by atoms with E-state index in [4.69, 9.17) is 9.47 Å². The Hall–Kier alpha value is -2.12. The zero-order chi connectivity index (χ0) is 16.5. The molecule has 1 aromatic rings. The maximum atomic E-state index is 12.0. The Kier molecular flexibility index (Phi) is 6.83. The third-order valence-corrected chi connectivity index (χ3v) is 3.37. The molecule has 7 nitrogen and oxygen atoms in total. The van der Waals surface area contributed by atoms with Crippen LogP contribution in [0.4, 0.5) is 5.69 Å². The summed E-state index contributed by atoms with van der Waals surface area (Å²) in [6.45, 7) is 2.28. The predicted molar refractivity (Wildman–Crippen MR) is 84.4 cm³/mol. The van der Waals surface area contributed by atoms with Gasteiger partial charge in [-0.15, -0.1) is 0 Å². The standard InChI is InChI=1S/C16H22N2O5/c1-21-16(20)6-8-23-14-4-2-12(3-5-14)18-15(19)10-13-11-22-9-7-17-13/h2-5,13,17H,6-11H2,1H3,(H,18,19). The number of carbonyl (C=O) groups excluding carboxylic acids is 2. The summed E-state index contributed by atoms with van der Waals surface area (Å²) in [7, 11) is 1.34. The van der Waals surface area contributed by atoms with Gasteiger partial charge in [0.1, 0.15) is 5.75 Å². The van der Waals surface area contributed by atoms with Gasteiger partial charge >= 0.3 is 5.97 Å². The van der Waals surface area contributed by atoms with Crippen molar-refractivity contribution in [2.45, 2.75) is 18.9 Å². The summed E-state index contributed by atoms with van der Waals surface area (Å²) in [6, 6.07) is 7.07. The summed E-state index contributed by atoms with van der Waals surface area (Å²) in [4.78, 5) is 22.9. The summed E-state index contributed by atoms with van der Waals surface area (Å²) in [5, 5.41) is 6.07. The Labute approximate surface area is 135 Å². The fourth-order valence-corrected chi connectivity index (χ4v) is 2.18. The van der Waals surface area contributed by atoms with Gasteiger partial charge in [-0.3, -0.25) is 9.59 Å². The molecule has 23 heavy (non-hydrogen) atoms. The Morgan fingerprint density at radius 3 is 2.78 bits per heavy atom. The van der Waals surface area contributed by atoms with Gasteiger partial charge in [0.2, 0.25) is 5.91 Å². The molecule has 2 N–H and O–H groups in total. The minimum atomic E-state index is -0.311. The summed E-state index contributed by atoms with van der Waals surface area (Å²) in [6.07, 6.45) is 0.572. The smallest absolute Gasteiger partial charge is 0.308 e. The fourth-order valence-electron chi connectivity index (χ4n) is 2.18. The van der Waals surface area contributed by atoms with E-state index in [1.807, 2.05) is 0 Å². The first-order valence-electron chi connectivity index (χ1n) is 7.58. The second-order valence-electron chi connectivity index (χ2n) is 5.18. The van der Waals surface area contributed by atoms with Crippen LogP contribution in [0.15, 0.2) is 24.3 Å². The highest BCUT2D eigenvalue weighted by Crippen LogP contribution is 2.16. The SMILES string of the molecule is COC(=O)CCOc1ccc(NC(=O)CC2COCCN2)cc1. The molecule has 1 heterocycles. The molecule has 7 heteroatoms. The number of hydrogen-bond donors (Lipinski definition) is 2. The lowest BCUT2D eigenvalue weighted by molar-refractivity contribution is -0.141. The number of nitrogens with one attached hydrogen (secondary N) is 2. The van der Waals surface area contributed by atoms with Crippen LogP contribution >= 0.6 is 0 Å². The topological polar surface area (TPSA) is 85.9 Å². The van der Waals surface area contributed by atoms with Crippen molar-refractivity contribution in [3.63, 3.8) is 0 Å². The molecule has 0 aromatic heterocycles. The number of methoxy groups -OCH3 is 1.